The fraction of sp³-hybridized carbons (Fsp3) is 0.700. The summed E-state index contributed by atoms with van der Waals surface area (Å²) >= 11 is 0. The summed E-state index contributed by atoms with van der Waals surface area (Å²) in [5.74, 6) is 0.380. The third-order valence-electron chi connectivity index (χ3n) is 2.77. The van der Waals surface area contributed by atoms with Crippen molar-refractivity contribution < 1.29 is 8.42 Å². The van der Waals surface area contributed by atoms with E-state index in [-0.39, 0.29) is 0 Å². The molecule has 2 atom stereocenters. The van der Waals surface area contributed by atoms with Crippen molar-refractivity contribution in [3.8, 4) is 6.07 Å². The van der Waals surface area contributed by atoms with Crippen molar-refractivity contribution in [2.75, 3.05) is 0 Å². The minimum Gasteiger partial charge on any atom is -0.208 e. The Balaban J connectivity index is 2.87. The molecular weight excluding hydrogens is 212 g/mol. The van der Waals surface area contributed by atoms with Crippen LogP contribution >= 0.6 is 0 Å². The second-order valence-corrected chi connectivity index (χ2v) is 5.84. The van der Waals surface area contributed by atoms with Gasteiger partial charge in [0.05, 0.1) is 6.07 Å². The zero-order valence-corrected chi connectivity index (χ0v) is 9.68. The molecule has 1 N–H and O–H groups in total. The highest BCUT2D eigenvalue weighted by Crippen LogP contribution is 2.32. The summed E-state index contributed by atoms with van der Waals surface area (Å²) in [7, 11) is -3.52. The summed E-state index contributed by atoms with van der Waals surface area (Å²) in [5.41, 5.74) is -0.926. The van der Waals surface area contributed by atoms with Gasteiger partial charge in [-0.25, -0.2) is 8.42 Å². The molecule has 4 nitrogen and oxygen atoms in total. The largest absolute Gasteiger partial charge is 0.234 e. The Labute approximate surface area is 91.0 Å². The number of sulfonamides is 1. The predicted molar refractivity (Wildman–Crippen MR) is 58.2 cm³/mol. The Kier molecular flexibility index (Phi) is 3.53. The van der Waals surface area contributed by atoms with Crippen LogP contribution in [0.25, 0.3) is 0 Å². The quantitative estimate of drug-likeness (QED) is 0.796. The first-order valence-corrected chi connectivity index (χ1v) is 6.55. The lowest BCUT2D eigenvalue weighted by molar-refractivity contribution is 0.271. The van der Waals surface area contributed by atoms with Gasteiger partial charge in [0.15, 0.2) is 0 Å². The number of nitrogens with one attached hydrogen (secondary N) is 1. The van der Waals surface area contributed by atoms with E-state index in [1.54, 1.807) is 0 Å². The summed E-state index contributed by atoms with van der Waals surface area (Å²) in [4.78, 5) is 0. The number of nitrogens with zero attached hydrogens (tertiary/aromatic N) is 1. The molecule has 1 saturated carbocycles. The summed E-state index contributed by atoms with van der Waals surface area (Å²) in [6.07, 6.45) is 3.10. The van der Waals surface area contributed by atoms with Crippen LogP contribution in [0.3, 0.4) is 0 Å². The first kappa shape index (κ1) is 12.2. The molecule has 84 valence electrons. The Morgan fingerprint density at radius 1 is 1.67 bits per heavy atom. The molecular formula is C10H16N2O2S. The molecule has 15 heavy (non-hydrogen) atoms. The van der Waals surface area contributed by atoms with Crippen LogP contribution < -0.4 is 4.72 Å². The normalized spacial score (nSPS) is 31.9. The van der Waals surface area contributed by atoms with E-state index in [1.165, 1.54) is 0 Å². The van der Waals surface area contributed by atoms with E-state index in [4.69, 9.17) is 5.26 Å². The molecule has 0 radical (unpaired) electrons. The van der Waals surface area contributed by atoms with Crippen molar-refractivity contribution in [1.29, 1.82) is 5.26 Å². The zero-order valence-electron chi connectivity index (χ0n) is 8.86. The van der Waals surface area contributed by atoms with Crippen molar-refractivity contribution >= 4 is 10.0 Å². The molecule has 1 rings (SSSR count). The lowest BCUT2D eigenvalue weighted by Gasteiger charge is -2.34. The number of rotatable bonds is 3. The lowest BCUT2D eigenvalue weighted by Crippen LogP contribution is -2.49. The van der Waals surface area contributed by atoms with E-state index in [9.17, 15) is 8.42 Å². The van der Waals surface area contributed by atoms with Gasteiger partial charge in [-0.3, -0.25) is 0 Å². The fourth-order valence-corrected chi connectivity index (χ4v) is 2.94. The molecule has 1 fully saturated rings. The highest BCUT2D eigenvalue weighted by atomic mass is 32.2. The molecule has 0 saturated heterocycles. The van der Waals surface area contributed by atoms with Crippen LogP contribution in [0.2, 0.25) is 0 Å². The highest BCUT2D eigenvalue weighted by Gasteiger charge is 2.37. The van der Waals surface area contributed by atoms with Crippen LogP contribution in [0.4, 0.5) is 0 Å². The molecule has 0 spiro atoms. The molecule has 2 unspecified atom stereocenters. The lowest BCUT2D eigenvalue weighted by atomic mass is 9.78. The van der Waals surface area contributed by atoms with Crippen molar-refractivity contribution in [1.82, 2.24) is 4.72 Å². The minimum absolute atomic E-state index is 0.380. The van der Waals surface area contributed by atoms with Gasteiger partial charge >= 0.3 is 0 Å². The van der Waals surface area contributed by atoms with Gasteiger partial charge in [0.2, 0.25) is 10.0 Å². The molecule has 1 aliphatic rings. The van der Waals surface area contributed by atoms with Crippen LogP contribution in [-0.2, 0) is 10.0 Å². The number of hydrogen-bond acceptors (Lipinski definition) is 3. The maximum atomic E-state index is 11.4. The van der Waals surface area contributed by atoms with E-state index in [0.29, 0.717) is 18.8 Å². The van der Waals surface area contributed by atoms with Crippen LogP contribution in [0.15, 0.2) is 12.0 Å². The molecule has 1 aliphatic carbocycles. The van der Waals surface area contributed by atoms with Gasteiger partial charge in [-0.15, -0.1) is 0 Å². The van der Waals surface area contributed by atoms with Crippen LogP contribution in [0.5, 0.6) is 0 Å². The standard InChI is InChI=1S/C10H16N2O2S/c1-3-15(13,14)12-10(8-11)6-4-5-9(2)7-10/h3,9,12H,1,4-7H2,2H3. The second-order valence-electron chi connectivity index (χ2n) is 4.21. The average Bonchev–Trinajstić information content (AvgIpc) is 2.17. The molecule has 0 bridgehead atoms. The van der Waals surface area contributed by atoms with Gasteiger partial charge < -0.3 is 0 Å². The van der Waals surface area contributed by atoms with Gasteiger partial charge in [0.1, 0.15) is 5.54 Å². The summed E-state index contributed by atoms with van der Waals surface area (Å²) in [6, 6.07) is 2.10. The van der Waals surface area contributed by atoms with Gasteiger partial charge in [0.25, 0.3) is 0 Å². The topological polar surface area (TPSA) is 70.0 Å². The van der Waals surface area contributed by atoms with Crippen LogP contribution in [0.1, 0.15) is 32.6 Å². The molecule has 0 aromatic carbocycles. The third-order valence-corrected chi connectivity index (χ3v) is 3.88. The van der Waals surface area contributed by atoms with E-state index in [0.717, 1.165) is 18.2 Å². The molecule has 5 heteroatoms. The smallest absolute Gasteiger partial charge is 0.208 e. The van der Waals surface area contributed by atoms with Crippen molar-refractivity contribution in [2.24, 2.45) is 5.92 Å². The fourth-order valence-electron chi connectivity index (χ4n) is 2.08. The maximum Gasteiger partial charge on any atom is 0.234 e. The van der Waals surface area contributed by atoms with E-state index >= 15 is 0 Å². The highest BCUT2D eigenvalue weighted by molar-refractivity contribution is 7.92. The summed E-state index contributed by atoms with van der Waals surface area (Å²) < 4.78 is 25.1. The Bertz CT molecular complexity index is 383. The maximum absolute atomic E-state index is 11.4. The number of nitriles is 1. The second kappa shape index (κ2) is 4.33. The number of hydrogen-bond donors (Lipinski definition) is 1. The van der Waals surface area contributed by atoms with Gasteiger partial charge in [-0.05, 0) is 18.8 Å². The van der Waals surface area contributed by atoms with Gasteiger partial charge in [-0.2, -0.15) is 9.98 Å². The van der Waals surface area contributed by atoms with E-state index < -0.39 is 15.6 Å². The third kappa shape index (κ3) is 3.05. The first-order chi connectivity index (χ1) is 6.93. The van der Waals surface area contributed by atoms with E-state index in [1.807, 2.05) is 6.92 Å². The van der Waals surface area contributed by atoms with Gasteiger partial charge in [-0.1, -0.05) is 26.3 Å². The van der Waals surface area contributed by atoms with Crippen molar-refractivity contribution in [2.45, 2.75) is 38.1 Å². The summed E-state index contributed by atoms with van der Waals surface area (Å²) in [6.45, 7) is 5.26. The van der Waals surface area contributed by atoms with Crippen molar-refractivity contribution in [3.63, 3.8) is 0 Å². The van der Waals surface area contributed by atoms with Crippen LogP contribution in [-0.4, -0.2) is 14.0 Å². The molecule has 0 aliphatic heterocycles. The van der Waals surface area contributed by atoms with Gasteiger partial charge in [0, 0.05) is 5.41 Å². The minimum atomic E-state index is -3.52. The Morgan fingerprint density at radius 3 is 2.80 bits per heavy atom. The molecule has 0 amide bonds. The van der Waals surface area contributed by atoms with E-state index in [2.05, 4.69) is 17.4 Å². The predicted octanol–water partition coefficient (Wildman–Crippen LogP) is 1.52. The Hall–Kier alpha value is -0.860. The van der Waals surface area contributed by atoms with Crippen molar-refractivity contribution in [3.05, 3.63) is 12.0 Å². The zero-order chi connectivity index (χ0) is 11.5. The SMILES string of the molecule is C=CS(=O)(=O)NC1(C#N)CCCC(C)C1. The summed E-state index contributed by atoms with van der Waals surface area (Å²) in [5, 5.41) is 9.96. The molecule has 0 heterocycles. The van der Waals surface area contributed by atoms with Crippen LogP contribution in [0, 0.1) is 17.2 Å². The first-order valence-electron chi connectivity index (χ1n) is 5.01. The molecule has 0 aromatic heterocycles. The Morgan fingerprint density at radius 2 is 2.33 bits per heavy atom. The monoisotopic (exact) mass is 228 g/mol. The molecule has 0 aromatic rings. The average molecular weight is 228 g/mol.